The van der Waals surface area contributed by atoms with Crippen LogP contribution in [0, 0.1) is 10.1 Å². The number of hydrogen-bond donors (Lipinski definition) is 1. The summed E-state index contributed by atoms with van der Waals surface area (Å²) in [4.78, 5) is 28.9. The van der Waals surface area contributed by atoms with Crippen molar-refractivity contribution in [2.45, 2.75) is 39.2 Å². The van der Waals surface area contributed by atoms with Gasteiger partial charge < -0.3 is 10.2 Å². The monoisotopic (exact) mass is 292 g/mol. The van der Waals surface area contributed by atoms with Gasteiger partial charge in [-0.1, -0.05) is 0 Å². The van der Waals surface area contributed by atoms with Gasteiger partial charge in [-0.05, 0) is 33.1 Å². The first kappa shape index (κ1) is 15.2. The number of nitrogens with one attached hydrogen (secondary N) is 1. The molecule has 1 atom stereocenters. The van der Waals surface area contributed by atoms with Gasteiger partial charge in [-0.3, -0.25) is 14.9 Å². The molecule has 7 nitrogen and oxygen atoms in total. The van der Waals surface area contributed by atoms with Crippen LogP contribution in [0.2, 0.25) is 0 Å². The number of amides is 1. The molecular formula is C14H20N4O3. The molecule has 114 valence electrons. The van der Waals surface area contributed by atoms with Crippen molar-refractivity contribution in [1.82, 2.24) is 9.88 Å². The Morgan fingerprint density at radius 1 is 1.57 bits per heavy atom. The molecule has 2 rings (SSSR count). The number of hydrogen-bond acceptors (Lipinski definition) is 5. The fourth-order valence-corrected chi connectivity index (χ4v) is 2.60. The third-order valence-electron chi connectivity index (χ3n) is 3.73. The van der Waals surface area contributed by atoms with E-state index in [1.54, 1.807) is 4.90 Å². The summed E-state index contributed by atoms with van der Waals surface area (Å²) in [5.74, 6) is 0.201. The van der Waals surface area contributed by atoms with E-state index in [0.717, 1.165) is 25.5 Å². The molecule has 1 amide bonds. The number of rotatable bonds is 4. The first-order valence-corrected chi connectivity index (χ1v) is 7.24. The van der Waals surface area contributed by atoms with Crippen molar-refractivity contribution in [3.63, 3.8) is 0 Å². The van der Waals surface area contributed by atoms with E-state index in [-0.39, 0.29) is 23.2 Å². The van der Waals surface area contributed by atoms with Gasteiger partial charge in [0.15, 0.2) is 0 Å². The van der Waals surface area contributed by atoms with Gasteiger partial charge in [-0.25, -0.2) is 4.98 Å². The minimum atomic E-state index is -0.551. The maximum Gasteiger partial charge on any atom is 0.300 e. The van der Waals surface area contributed by atoms with Crippen LogP contribution >= 0.6 is 0 Å². The van der Waals surface area contributed by atoms with Crippen LogP contribution in [0.1, 0.15) is 43.5 Å². The lowest BCUT2D eigenvalue weighted by Crippen LogP contribution is -2.42. The number of likely N-dealkylation sites (tertiary alicyclic amines) is 1. The summed E-state index contributed by atoms with van der Waals surface area (Å²) >= 11 is 0. The summed E-state index contributed by atoms with van der Waals surface area (Å²) in [6.45, 7) is 5.17. The Kier molecular flexibility index (Phi) is 4.72. The van der Waals surface area contributed by atoms with Crippen molar-refractivity contribution >= 4 is 17.4 Å². The second-order valence-corrected chi connectivity index (χ2v) is 5.22. The summed E-state index contributed by atoms with van der Waals surface area (Å²) < 4.78 is 0. The highest BCUT2D eigenvalue weighted by Crippen LogP contribution is 2.25. The molecule has 1 N–H and O–H groups in total. The average molecular weight is 292 g/mol. The summed E-state index contributed by atoms with van der Waals surface area (Å²) in [7, 11) is 0. The second-order valence-electron chi connectivity index (χ2n) is 5.22. The zero-order chi connectivity index (χ0) is 15.4. The molecule has 1 aromatic rings. The zero-order valence-electron chi connectivity index (χ0n) is 12.3. The predicted molar refractivity (Wildman–Crippen MR) is 79.4 cm³/mol. The summed E-state index contributed by atoms with van der Waals surface area (Å²) in [6, 6.07) is 1.59. The fraction of sp³-hybridized carbons (Fsp3) is 0.571. The van der Waals surface area contributed by atoms with E-state index < -0.39 is 4.92 Å². The highest BCUT2D eigenvalue weighted by Gasteiger charge is 2.29. The molecule has 0 radical (unpaired) electrons. The number of anilines is 1. The first-order valence-electron chi connectivity index (χ1n) is 7.24. The molecule has 0 saturated carbocycles. The Balaban J connectivity index is 2.36. The van der Waals surface area contributed by atoms with Gasteiger partial charge in [-0.2, -0.15) is 0 Å². The van der Waals surface area contributed by atoms with Gasteiger partial charge in [0.1, 0.15) is 17.6 Å². The van der Waals surface area contributed by atoms with Crippen LogP contribution in [0.3, 0.4) is 0 Å². The molecule has 0 bridgehead atoms. The third-order valence-corrected chi connectivity index (χ3v) is 3.73. The molecule has 1 aromatic heterocycles. The van der Waals surface area contributed by atoms with Crippen molar-refractivity contribution in [2.24, 2.45) is 0 Å². The number of nitro groups is 1. The van der Waals surface area contributed by atoms with E-state index in [1.807, 2.05) is 13.8 Å². The molecule has 2 heterocycles. The normalized spacial score (nSPS) is 18.4. The summed E-state index contributed by atoms with van der Waals surface area (Å²) in [5, 5.41) is 14.1. The highest BCUT2D eigenvalue weighted by molar-refractivity contribution is 5.99. The molecule has 1 fully saturated rings. The number of aromatic nitrogens is 1. The standard InChI is InChI=1S/C14H20N4O3/c1-3-15-13-8-11(12(9-16-13)18(20)21)14(19)17-7-5-4-6-10(17)2/h8-10H,3-7H2,1-2H3,(H,15,16). The van der Waals surface area contributed by atoms with Crippen LogP contribution in [-0.2, 0) is 0 Å². The highest BCUT2D eigenvalue weighted by atomic mass is 16.6. The Morgan fingerprint density at radius 2 is 2.33 bits per heavy atom. The van der Waals surface area contributed by atoms with Crippen LogP contribution in [-0.4, -0.2) is 39.8 Å². The van der Waals surface area contributed by atoms with Crippen LogP contribution in [0.4, 0.5) is 11.5 Å². The Hall–Kier alpha value is -2.18. The van der Waals surface area contributed by atoms with Crippen molar-refractivity contribution < 1.29 is 9.72 Å². The molecule has 1 unspecified atom stereocenters. The fourth-order valence-electron chi connectivity index (χ4n) is 2.60. The van der Waals surface area contributed by atoms with Crippen LogP contribution in [0.5, 0.6) is 0 Å². The van der Waals surface area contributed by atoms with E-state index in [2.05, 4.69) is 10.3 Å². The molecule has 0 aromatic carbocycles. The molecule has 0 aliphatic carbocycles. The topological polar surface area (TPSA) is 88.4 Å². The number of nitrogens with zero attached hydrogens (tertiary/aromatic N) is 3. The third kappa shape index (κ3) is 3.29. The Bertz CT molecular complexity index is 547. The van der Waals surface area contributed by atoms with Gasteiger partial charge in [0.25, 0.3) is 11.6 Å². The molecule has 0 spiro atoms. The number of carbonyl (C=O) groups excluding carboxylic acids is 1. The van der Waals surface area contributed by atoms with Crippen molar-refractivity contribution in [3.8, 4) is 0 Å². The smallest absolute Gasteiger partial charge is 0.300 e. The van der Waals surface area contributed by atoms with Crippen molar-refractivity contribution in [2.75, 3.05) is 18.4 Å². The molecule has 1 saturated heterocycles. The van der Waals surface area contributed by atoms with E-state index in [9.17, 15) is 14.9 Å². The van der Waals surface area contributed by atoms with Crippen LogP contribution in [0.25, 0.3) is 0 Å². The summed E-state index contributed by atoms with van der Waals surface area (Å²) in [6.07, 6.45) is 4.12. The number of pyridine rings is 1. The lowest BCUT2D eigenvalue weighted by molar-refractivity contribution is -0.385. The predicted octanol–water partition coefficient (Wildman–Crippen LogP) is 2.44. The van der Waals surface area contributed by atoms with Crippen LogP contribution < -0.4 is 5.32 Å². The largest absolute Gasteiger partial charge is 0.370 e. The maximum atomic E-state index is 12.7. The Labute approximate surface area is 123 Å². The SMILES string of the molecule is CCNc1cc(C(=O)N2CCCCC2C)c([N+](=O)[O-])cn1. The van der Waals surface area contributed by atoms with Gasteiger partial charge in [0.2, 0.25) is 0 Å². The second kappa shape index (κ2) is 6.51. The molecule has 1 aliphatic rings. The minimum absolute atomic E-state index is 0.111. The van der Waals surface area contributed by atoms with Gasteiger partial charge in [-0.15, -0.1) is 0 Å². The zero-order valence-corrected chi connectivity index (χ0v) is 12.3. The molecular weight excluding hydrogens is 272 g/mol. The van der Waals surface area contributed by atoms with Gasteiger partial charge in [0.05, 0.1) is 4.92 Å². The quantitative estimate of drug-likeness (QED) is 0.680. The van der Waals surface area contributed by atoms with Gasteiger partial charge in [0, 0.05) is 25.2 Å². The minimum Gasteiger partial charge on any atom is -0.370 e. The molecule has 21 heavy (non-hydrogen) atoms. The lowest BCUT2D eigenvalue weighted by Gasteiger charge is -2.33. The first-order chi connectivity index (χ1) is 10.0. The van der Waals surface area contributed by atoms with E-state index in [4.69, 9.17) is 0 Å². The molecule has 7 heteroatoms. The lowest BCUT2D eigenvalue weighted by atomic mass is 10.0. The van der Waals surface area contributed by atoms with E-state index in [1.165, 1.54) is 6.07 Å². The van der Waals surface area contributed by atoms with E-state index in [0.29, 0.717) is 18.9 Å². The van der Waals surface area contributed by atoms with Gasteiger partial charge >= 0.3 is 0 Å². The molecule has 1 aliphatic heterocycles. The van der Waals surface area contributed by atoms with E-state index >= 15 is 0 Å². The number of carbonyl (C=O) groups is 1. The summed E-state index contributed by atoms with van der Waals surface area (Å²) in [5.41, 5.74) is -0.126. The number of piperidine rings is 1. The van der Waals surface area contributed by atoms with Crippen molar-refractivity contribution in [1.29, 1.82) is 0 Å². The van der Waals surface area contributed by atoms with Crippen LogP contribution in [0.15, 0.2) is 12.3 Å². The maximum absolute atomic E-state index is 12.7. The van der Waals surface area contributed by atoms with Crippen molar-refractivity contribution in [3.05, 3.63) is 27.9 Å². The Morgan fingerprint density at radius 3 is 2.95 bits per heavy atom. The average Bonchev–Trinajstić information content (AvgIpc) is 2.47.